The van der Waals surface area contributed by atoms with Crippen LogP contribution in [-0.2, 0) is 16.9 Å². The largest absolute Gasteiger partial charge is 0.369 e. The molecule has 1 fully saturated rings. The van der Waals surface area contributed by atoms with E-state index in [0.717, 1.165) is 28.6 Å². The number of fused-ring (bicyclic) bond motifs is 1. The van der Waals surface area contributed by atoms with Crippen molar-refractivity contribution in [3.05, 3.63) is 106 Å². The molecule has 4 aromatic rings. The molecule has 43 heavy (non-hydrogen) atoms. The van der Waals surface area contributed by atoms with Gasteiger partial charge in [-0.25, -0.2) is 9.79 Å². The van der Waals surface area contributed by atoms with Crippen LogP contribution in [-0.4, -0.2) is 50.2 Å². The van der Waals surface area contributed by atoms with Gasteiger partial charge in [-0.2, -0.15) is 0 Å². The summed E-state index contributed by atoms with van der Waals surface area (Å²) in [5.74, 6) is 0.415. The third kappa shape index (κ3) is 5.35. The van der Waals surface area contributed by atoms with Gasteiger partial charge in [-0.15, -0.1) is 0 Å². The highest BCUT2D eigenvalue weighted by Gasteiger charge is 2.48. The van der Waals surface area contributed by atoms with Gasteiger partial charge in [0.25, 0.3) is 11.8 Å². The lowest BCUT2D eigenvalue weighted by Crippen LogP contribution is -2.42. The lowest BCUT2D eigenvalue weighted by molar-refractivity contribution is -0.132. The van der Waals surface area contributed by atoms with Crippen molar-refractivity contribution < 1.29 is 9.59 Å². The number of aromatic amines is 1. The van der Waals surface area contributed by atoms with E-state index >= 15 is 0 Å². The zero-order valence-electron chi connectivity index (χ0n) is 24.7. The number of carbonyl (C=O) groups is 2. The van der Waals surface area contributed by atoms with Gasteiger partial charge in [0.2, 0.25) is 0 Å². The Morgan fingerprint density at radius 3 is 2.47 bits per heavy atom. The predicted molar refractivity (Wildman–Crippen MR) is 168 cm³/mol. The molecule has 0 bridgehead atoms. The molecule has 2 aliphatic heterocycles. The number of aromatic nitrogens is 2. The van der Waals surface area contributed by atoms with Crippen LogP contribution in [0.25, 0.3) is 11.0 Å². The summed E-state index contributed by atoms with van der Waals surface area (Å²) in [4.78, 5) is 51.3. The number of nitrogens with two attached hydrogens (primary N) is 1. The lowest BCUT2D eigenvalue weighted by atomic mass is 9.83. The van der Waals surface area contributed by atoms with Crippen LogP contribution in [0, 0.1) is 5.92 Å². The summed E-state index contributed by atoms with van der Waals surface area (Å²) < 4.78 is 1.83. The molecule has 0 saturated carbocycles. The molecule has 1 aromatic heterocycles. The number of amides is 2. The van der Waals surface area contributed by atoms with Crippen molar-refractivity contribution in [2.24, 2.45) is 16.6 Å². The van der Waals surface area contributed by atoms with Crippen LogP contribution in [0.15, 0.2) is 88.6 Å². The molecule has 0 aliphatic carbocycles. The summed E-state index contributed by atoms with van der Waals surface area (Å²) >= 11 is 0. The number of benzene rings is 3. The van der Waals surface area contributed by atoms with Crippen LogP contribution in [0.5, 0.6) is 0 Å². The number of piperidine rings is 1. The van der Waals surface area contributed by atoms with Crippen molar-refractivity contribution in [3.63, 3.8) is 0 Å². The Kier molecular flexibility index (Phi) is 7.64. The summed E-state index contributed by atoms with van der Waals surface area (Å²) in [6.07, 6.45) is 2.80. The van der Waals surface area contributed by atoms with Crippen molar-refractivity contribution >= 4 is 28.8 Å². The van der Waals surface area contributed by atoms with Crippen LogP contribution in [0.1, 0.15) is 67.1 Å². The highest BCUT2D eigenvalue weighted by molar-refractivity contribution is 6.07. The number of carbonyl (C=O) groups excluding carboxylic acids is 2. The first-order chi connectivity index (χ1) is 20.8. The van der Waals surface area contributed by atoms with Gasteiger partial charge in [0, 0.05) is 24.7 Å². The Bertz CT molecular complexity index is 1730. The van der Waals surface area contributed by atoms with E-state index in [2.05, 4.69) is 18.8 Å². The number of hydrogen-bond acceptors (Lipinski definition) is 5. The molecule has 2 amide bonds. The fourth-order valence-electron chi connectivity index (χ4n) is 6.42. The summed E-state index contributed by atoms with van der Waals surface area (Å²) in [7, 11) is 0. The number of H-pyrrole nitrogens is 1. The number of hydrogen-bond donors (Lipinski definition) is 2. The summed E-state index contributed by atoms with van der Waals surface area (Å²) in [5.41, 5.74) is 9.19. The number of likely N-dealkylation sites (tertiary alicyclic amines) is 1. The molecule has 3 aromatic carbocycles. The maximum atomic E-state index is 14.0. The van der Waals surface area contributed by atoms with Gasteiger partial charge in [0.05, 0.1) is 17.6 Å². The van der Waals surface area contributed by atoms with Crippen LogP contribution in [0.3, 0.4) is 0 Å². The SMILES string of the molecule is CC(C)CCC1(c2ccccc2)N=C(N)N(Cc2cccc(C(=O)N3CCC(n4c(=O)[nH]c5ccccc54)CC3)c2)C1=O. The van der Waals surface area contributed by atoms with Crippen molar-refractivity contribution in [3.8, 4) is 0 Å². The van der Waals surface area contributed by atoms with Crippen molar-refractivity contribution in [2.75, 3.05) is 13.1 Å². The molecule has 1 atom stereocenters. The number of guanidine groups is 1. The number of para-hydroxylation sites is 2. The van der Waals surface area contributed by atoms with Gasteiger partial charge in [-0.3, -0.25) is 19.1 Å². The normalized spacial score (nSPS) is 19.4. The Balaban J connectivity index is 1.16. The second-order valence-electron chi connectivity index (χ2n) is 12.1. The summed E-state index contributed by atoms with van der Waals surface area (Å²) in [6, 6.07) is 24.8. The number of nitrogens with zero attached hydrogens (tertiary/aromatic N) is 4. The Hall–Kier alpha value is -4.66. The van der Waals surface area contributed by atoms with E-state index in [9.17, 15) is 14.4 Å². The van der Waals surface area contributed by atoms with Gasteiger partial charge in [-0.1, -0.05) is 68.4 Å². The number of imidazole rings is 1. The average molecular weight is 579 g/mol. The van der Waals surface area contributed by atoms with Crippen LogP contribution in [0.4, 0.5) is 0 Å². The summed E-state index contributed by atoms with van der Waals surface area (Å²) in [6.45, 7) is 5.61. The molecular weight excluding hydrogens is 540 g/mol. The van der Waals surface area contributed by atoms with Gasteiger partial charge in [-0.05, 0) is 67.0 Å². The van der Waals surface area contributed by atoms with Gasteiger partial charge < -0.3 is 15.6 Å². The zero-order valence-corrected chi connectivity index (χ0v) is 24.7. The molecule has 3 N–H and O–H groups in total. The molecule has 6 rings (SSSR count). The van der Waals surface area contributed by atoms with Gasteiger partial charge in [0.1, 0.15) is 0 Å². The minimum Gasteiger partial charge on any atom is -0.369 e. The third-order valence-electron chi connectivity index (χ3n) is 8.77. The average Bonchev–Trinajstić information content (AvgIpc) is 3.49. The maximum absolute atomic E-state index is 14.0. The number of nitrogens with one attached hydrogen (secondary N) is 1. The number of rotatable bonds is 8. The molecule has 0 radical (unpaired) electrons. The minimum atomic E-state index is -1.04. The first-order valence-electron chi connectivity index (χ1n) is 15.1. The molecule has 2 aliphatic rings. The van der Waals surface area contributed by atoms with Gasteiger partial charge >= 0.3 is 5.69 Å². The monoisotopic (exact) mass is 578 g/mol. The van der Waals surface area contributed by atoms with Crippen molar-refractivity contribution in [2.45, 2.75) is 57.7 Å². The van der Waals surface area contributed by atoms with Crippen LogP contribution in [0.2, 0.25) is 0 Å². The van der Waals surface area contributed by atoms with E-state index in [4.69, 9.17) is 10.7 Å². The van der Waals surface area contributed by atoms with E-state index in [-0.39, 0.29) is 36.1 Å². The Morgan fingerprint density at radius 1 is 1.00 bits per heavy atom. The van der Waals surface area contributed by atoms with Crippen LogP contribution >= 0.6 is 0 Å². The smallest absolute Gasteiger partial charge is 0.326 e. The highest BCUT2D eigenvalue weighted by Crippen LogP contribution is 2.39. The lowest BCUT2D eigenvalue weighted by Gasteiger charge is -2.32. The fourth-order valence-corrected chi connectivity index (χ4v) is 6.42. The highest BCUT2D eigenvalue weighted by atomic mass is 16.2. The van der Waals surface area contributed by atoms with Crippen molar-refractivity contribution in [1.82, 2.24) is 19.4 Å². The number of aliphatic imine (C=N–C) groups is 1. The molecular formula is C34H38N6O3. The van der Waals surface area contributed by atoms with E-state index in [1.54, 1.807) is 4.90 Å². The van der Waals surface area contributed by atoms with E-state index in [0.29, 0.717) is 43.8 Å². The Morgan fingerprint density at radius 2 is 1.72 bits per heavy atom. The van der Waals surface area contributed by atoms with E-state index < -0.39 is 5.54 Å². The molecule has 9 heteroatoms. The maximum Gasteiger partial charge on any atom is 0.326 e. The molecule has 1 saturated heterocycles. The first kappa shape index (κ1) is 28.5. The van der Waals surface area contributed by atoms with Crippen LogP contribution < -0.4 is 11.4 Å². The zero-order chi connectivity index (χ0) is 30.1. The molecule has 9 nitrogen and oxygen atoms in total. The topological polar surface area (TPSA) is 117 Å². The van der Waals surface area contributed by atoms with E-state index in [1.165, 1.54) is 0 Å². The Labute approximate surface area is 251 Å². The quantitative estimate of drug-likeness (QED) is 0.313. The first-order valence-corrected chi connectivity index (χ1v) is 15.1. The predicted octanol–water partition coefficient (Wildman–Crippen LogP) is 4.80. The summed E-state index contributed by atoms with van der Waals surface area (Å²) in [5, 5.41) is 0. The fraction of sp³-hybridized carbons (Fsp3) is 0.353. The third-order valence-corrected chi connectivity index (χ3v) is 8.77. The van der Waals surface area contributed by atoms with Crippen molar-refractivity contribution in [1.29, 1.82) is 0 Å². The minimum absolute atomic E-state index is 0.0306. The standard InChI is InChI=1S/C34H38N6O3/c1-23(2)15-18-34(26-11-4-3-5-12-26)31(42)39(32(35)37-34)22-24-9-8-10-25(21-24)30(41)38-19-16-27(17-20-38)40-29-14-7-6-13-28(29)36-33(40)43/h3-14,21,23,27H,15-20,22H2,1-2H3,(H2,35,37)(H,36,43). The molecule has 222 valence electrons. The van der Waals surface area contributed by atoms with E-state index in [1.807, 2.05) is 88.3 Å². The van der Waals surface area contributed by atoms with Gasteiger partial charge in [0.15, 0.2) is 11.5 Å². The molecule has 0 spiro atoms. The molecule has 1 unspecified atom stereocenters. The molecule has 3 heterocycles. The second-order valence-corrected chi connectivity index (χ2v) is 12.1. The second kappa shape index (κ2) is 11.6.